The van der Waals surface area contributed by atoms with Crippen LogP contribution in [0.15, 0.2) is 24.8 Å². The van der Waals surface area contributed by atoms with Crippen LogP contribution in [-0.4, -0.2) is 66.9 Å². The van der Waals surface area contributed by atoms with Gasteiger partial charge in [-0.05, 0) is 18.6 Å². The van der Waals surface area contributed by atoms with Gasteiger partial charge in [-0.25, -0.2) is 4.98 Å². The number of aromatic nitrogens is 2. The first-order valence-electron chi connectivity index (χ1n) is 9.19. The number of fused-ring (bicyclic) bond motifs is 1. The number of amides is 1. The fourth-order valence-electron chi connectivity index (χ4n) is 3.28. The number of benzene rings is 1. The summed E-state index contributed by atoms with van der Waals surface area (Å²) >= 11 is 0. The average Bonchev–Trinajstić information content (AvgIpc) is 3.04. The third kappa shape index (κ3) is 4.40. The number of nitrogens with two attached hydrogens (primary N) is 1. The van der Waals surface area contributed by atoms with Crippen LogP contribution in [0, 0.1) is 0 Å². The van der Waals surface area contributed by atoms with E-state index < -0.39 is 5.91 Å². The Morgan fingerprint density at radius 2 is 2.22 bits per heavy atom. The fourth-order valence-corrected chi connectivity index (χ4v) is 3.28. The van der Waals surface area contributed by atoms with Crippen LogP contribution >= 0.6 is 0 Å². The zero-order valence-corrected chi connectivity index (χ0v) is 15.7. The molecule has 1 fully saturated rings. The molecule has 0 saturated carbocycles. The molecule has 3 rings (SSSR count). The number of hydrogen-bond acceptors (Lipinski definition) is 6. The zero-order valence-electron chi connectivity index (χ0n) is 15.7. The van der Waals surface area contributed by atoms with E-state index in [9.17, 15) is 4.79 Å². The topological polar surface area (TPSA) is 94.6 Å². The Balaban J connectivity index is 1.81. The third-order valence-corrected chi connectivity index (χ3v) is 4.61. The summed E-state index contributed by atoms with van der Waals surface area (Å²) in [6.07, 6.45) is 2.68. The summed E-state index contributed by atoms with van der Waals surface area (Å²) in [7, 11) is 1.80. The van der Waals surface area contributed by atoms with Crippen molar-refractivity contribution in [3.63, 3.8) is 0 Å². The van der Waals surface area contributed by atoms with Crippen LogP contribution in [0.3, 0.4) is 0 Å². The average molecular weight is 373 g/mol. The first kappa shape index (κ1) is 19.2. The summed E-state index contributed by atoms with van der Waals surface area (Å²) in [5, 5.41) is 3.07. The molecule has 0 aliphatic carbocycles. The van der Waals surface area contributed by atoms with Crippen molar-refractivity contribution >= 4 is 22.9 Å². The van der Waals surface area contributed by atoms with Crippen molar-refractivity contribution in [2.75, 3.05) is 51.8 Å². The molecule has 1 aliphatic rings. The molecule has 0 atom stereocenters. The van der Waals surface area contributed by atoms with Crippen LogP contribution in [0.1, 0.15) is 16.8 Å². The van der Waals surface area contributed by atoms with Gasteiger partial charge >= 0.3 is 0 Å². The maximum absolute atomic E-state index is 11.7. The van der Waals surface area contributed by atoms with Crippen molar-refractivity contribution < 1.29 is 14.3 Å². The van der Waals surface area contributed by atoms with Crippen molar-refractivity contribution in [2.24, 2.45) is 5.73 Å². The minimum atomic E-state index is -0.501. The van der Waals surface area contributed by atoms with E-state index in [1.54, 1.807) is 25.3 Å². The number of rotatable bonds is 9. The molecule has 8 nitrogen and oxygen atoms in total. The van der Waals surface area contributed by atoms with Gasteiger partial charge in [0.15, 0.2) is 0 Å². The molecule has 0 bridgehead atoms. The van der Waals surface area contributed by atoms with E-state index in [1.807, 2.05) is 4.57 Å². The highest BCUT2D eigenvalue weighted by Crippen LogP contribution is 2.31. The van der Waals surface area contributed by atoms with Crippen molar-refractivity contribution in [1.82, 2.24) is 14.5 Å². The fraction of sp³-hybridized carbons (Fsp3) is 0.474. The maximum atomic E-state index is 11.7. The van der Waals surface area contributed by atoms with Gasteiger partial charge in [0.2, 0.25) is 11.9 Å². The Kier molecular flexibility index (Phi) is 6.31. The van der Waals surface area contributed by atoms with E-state index in [0.29, 0.717) is 35.9 Å². The second-order valence-electron chi connectivity index (χ2n) is 6.45. The van der Waals surface area contributed by atoms with E-state index in [-0.39, 0.29) is 0 Å². The van der Waals surface area contributed by atoms with Gasteiger partial charge in [0.05, 0.1) is 25.3 Å². The number of morpholine rings is 1. The largest absolute Gasteiger partial charge is 0.491 e. The molecular weight excluding hydrogens is 346 g/mol. The Hall–Kier alpha value is -2.58. The Morgan fingerprint density at radius 1 is 1.44 bits per heavy atom. The lowest BCUT2D eigenvalue weighted by Gasteiger charge is -2.26. The molecule has 2 aromatic rings. The highest BCUT2D eigenvalue weighted by molar-refractivity contribution is 5.98. The van der Waals surface area contributed by atoms with E-state index in [0.717, 1.165) is 44.8 Å². The molecule has 0 radical (unpaired) electrons. The predicted molar refractivity (Wildman–Crippen MR) is 105 cm³/mol. The van der Waals surface area contributed by atoms with Crippen LogP contribution in [0.4, 0.5) is 5.95 Å². The van der Waals surface area contributed by atoms with Gasteiger partial charge in [0.1, 0.15) is 11.3 Å². The van der Waals surface area contributed by atoms with Crippen molar-refractivity contribution in [2.45, 2.75) is 13.0 Å². The lowest BCUT2D eigenvalue weighted by Crippen LogP contribution is -2.37. The molecule has 27 heavy (non-hydrogen) atoms. The number of carbonyl (C=O) groups is 1. The lowest BCUT2D eigenvalue weighted by molar-refractivity contribution is 0.0358. The zero-order chi connectivity index (χ0) is 19.2. The maximum Gasteiger partial charge on any atom is 0.248 e. The molecule has 146 valence electrons. The minimum absolute atomic E-state index is 0.386. The van der Waals surface area contributed by atoms with E-state index in [1.165, 1.54) is 0 Å². The van der Waals surface area contributed by atoms with E-state index in [2.05, 4.69) is 21.8 Å². The summed E-state index contributed by atoms with van der Waals surface area (Å²) < 4.78 is 13.4. The number of imidazole rings is 1. The lowest BCUT2D eigenvalue weighted by atomic mass is 10.1. The van der Waals surface area contributed by atoms with Crippen LogP contribution in [0.5, 0.6) is 5.75 Å². The van der Waals surface area contributed by atoms with Gasteiger partial charge in [0.25, 0.3) is 0 Å². The number of nitrogens with one attached hydrogen (secondary N) is 1. The summed E-state index contributed by atoms with van der Waals surface area (Å²) in [4.78, 5) is 18.6. The highest BCUT2D eigenvalue weighted by Gasteiger charge is 2.17. The van der Waals surface area contributed by atoms with Gasteiger partial charge in [-0.2, -0.15) is 0 Å². The summed E-state index contributed by atoms with van der Waals surface area (Å²) in [5.74, 6) is 0.795. The third-order valence-electron chi connectivity index (χ3n) is 4.61. The molecule has 1 aliphatic heterocycles. The Bertz CT molecular complexity index is 811. The van der Waals surface area contributed by atoms with Crippen molar-refractivity contribution in [3.05, 3.63) is 30.4 Å². The van der Waals surface area contributed by atoms with Crippen LogP contribution in [0.2, 0.25) is 0 Å². The molecule has 1 aromatic heterocycles. The molecule has 8 heteroatoms. The van der Waals surface area contributed by atoms with Crippen molar-refractivity contribution in [1.29, 1.82) is 0 Å². The monoisotopic (exact) mass is 373 g/mol. The number of primary amides is 1. The standard InChI is InChI=1S/C19H27N5O3/c1-3-5-24-17-15(22-19(24)21-2)12-14(18(20)25)13-16(17)27-9-4-6-23-7-10-26-11-8-23/h3,12-13H,1,4-11H2,2H3,(H2,20,25)(H,21,22). The van der Waals surface area contributed by atoms with Crippen molar-refractivity contribution in [3.8, 4) is 5.75 Å². The minimum Gasteiger partial charge on any atom is -0.491 e. The second kappa shape index (κ2) is 8.88. The number of anilines is 1. The number of hydrogen-bond donors (Lipinski definition) is 2. The number of carbonyl (C=O) groups excluding carboxylic acids is 1. The number of ether oxygens (including phenoxy) is 2. The van der Waals surface area contributed by atoms with Gasteiger partial charge in [-0.1, -0.05) is 6.08 Å². The quantitative estimate of drug-likeness (QED) is 0.511. The van der Waals surface area contributed by atoms with Gasteiger partial charge in [-0.15, -0.1) is 6.58 Å². The highest BCUT2D eigenvalue weighted by atomic mass is 16.5. The van der Waals surface area contributed by atoms with E-state index >= 15 is 0 Å². The molecular formula is C19H27N5O3. The van der Waals surface area contributed by atoms with Gasteiger partial charge < -0.3 is 25.1 Å². The Labute approximate surface area is 158 Å². The Morgan fingerprint density at radius 3 is 2.89 bits per heavy atom. The van der Waals surface area contributed by atoms with Gasteiger partial charge in [-0.3, -0.25) is 9.69 Å². The molecule has 1 aromatic carbocycles. The molecule has 1 amide bonds. The molecule has 0 spiro atoms. The molecule has 1 saturated heterocycles. The second-order valence-corrected chi connectivity index (χ2v) is 6.45. The molecule has 3 N–H and O–H groups in total. The number of nitrogens with zero attached hydrogens (tertiary/aromatic N) is 3. The van der Waals surface area contributed by atoms with Gasteiger partial charge in [0, 0.05) is 38.8 Å². The first-order valence-corrected chi connectivity index (χ1v) is 9.19. The number of allylic oxidation sites excluding steroid dienone is 1. The van der Waals surface area contributed by atoms with Crippen LogP contribution in [-0.2, 0) is 11.3 Å². The first-order chi connectivity index (χ1) is 13.1. The summed E-state index contributed by atoms with van der Waals surface area (Å²) in [6, 6.07) is 3.39. The summed E-state index contributed by atoms with van der Waals surface area (Å²) in [6.45, 7) is 9.38. The SMILES string of the molecule is C=CCn1c(NC)nc2cc(C(N)=O)cc(OCCCN3CCOCC3)c21. The normalized spacial score (nSPS) is 15.0. The molecule has 2 heterocycles. The van der Waals surface area contributed by atoms with Crippen LogP contribution in [0.25, 0.3) is 11.0 Å². The smallest absolute Gasteiger partial charge is 0.248 e. The molecule has 0 unspecified atom stereocenters. The predicted octanol–water partition coefficient (Wildman–Crippen LogP) is 1.46. The van der Waals surface area contributed by atoms with Crippen LogP contribution < -0.4 is 15.8 Å². The van der Waals surface area contributed by atoms with E-state index in [4.69, 9.17) is 15.2 Å². The summed E-state index contributed by atoms with van der Waals surface area (Å²) in [5.41, 5.74) is 7.36.